The zero-order valence-electron chi connectivity index (χ0n) is 16.9. The van der Waals surface area contributed by atoms with Crippen LogP contribution in [0.1, 0.15) is 48.3 Å². The first-order valence-electron chi connectivity index (χ1n) is 10.6. The molecule has 0 spiro atoms. The standard InChI is InChI=1S/C21H27N5O4/c27-19(15-6-3-7-16(14-15)23-20(28)17-8-4-13-30-17)22-10-5-12-26-21(29)25-11-2-1-9-18(25)24-26/h3,6-7,14,17H,1-2,4-5,8-13H2,(H,22,27)(H,23,28)/t17-/m0/s1. The molecule has 1 atom stereocenters. The Balaban J connectivity index is 1.26. The Hall–Kier alpha value is -2.94. The number of amides is 2. The smallest absolute Gasteiger partial charge is 0.345 e. The summed E-state index contributed by atoms with van der Waals surface area (Å²) in [5.41, 5.74) is 0.971. The zero-order valence-corrected chi connectivity index (χ0v) is 16.9. The van der Waals surface area contributed by atoms with Crippen molar-refractivity contribution in [3.8, 4) is 0 Å². The summed E-state index contributed by atoms with van der Waals surface area (Å²) >= 11 is 0. The van der Waals surface area contributed by atoms with Crippen molar-refractivity contribution in [1.29, 1.82) is 0 Å². The van der Waals surface area contributed by atoms with Crippen LogP contribution in [0.5, 0.6) is 0 Å². The van der Waals surface area contributed by atoms with Gasteiger partial charge in [0.1, 0.15) is 11.9 Å². The summed E-state index contributed by atoms with van der Waals surface area (Å²) in [5, 5.41) is 10.1. The monoisotopic (exact) mass is 413 g/mol. The van der Waals surface area contributed by atoms with Gasteiger partial charge in [-0.2, -0.15) is 5.10 Å². The number of carbonyl (C=O) groups excluding carboxylic acids is 2. The molecule has 2 aliphatic heterocycles. The van der Waals surface area contributed by atoms with E-state index in [1.165, 1.54) is 4.68 Å². The van der Waals surface area contributed by atoms with Crippen molar-refractivity contribution in [2.24, 2.45) is 0 Å². The fraction of sp³-hybridized carbons (Fsp3) is 0.524. The zero-order chi connectivity index (χ0) is 20.9. The molecule has 1 aromatic carbocycles. The average Bonchev–Trinajstić information content (AvgIpc) is 3.40. The molecule has 1 saturated heterocycles. The largest absolute Gasteiger partial charge is 0.368 e. The van der Waals surface area contributed by atoms with Crippen LogP contribution in [-0.4, -0.2) is 45.4 Å². The van der Waals surface area contributed by atoms with E-state index in [-0.39, 0.29) is 17.5 Å². The second-order valence-electron chi connectivity index (χ2n) is 7.71. The first-order valence-corrected chi connectivity index (χ1v) is 10.6. The lowest BCUT2D eigenvalue weighted by Gasteiger charge is -2.11. The van der Waals surface area contributed by atoms with Gasteiger partial charge in [-0.15, -0.1) is 0 Å². The van der Waals surface area contributed by atoms with Crippen LogP contribution in [0.2, 0.25) is 0 Å². The van der Waals surface area contributed by atoms with E-state index in [1.807, 2.05) is 0 Å². The Morgan fingerprint density at radius 1 is 1.23 bits per heavy atom. The molecule has 2 aromatic rings. The van der Waals surface area contributed by atoms with Crippen molar-refractivity contribution in [3.63, 3.8) is 0 Å². The Kier molecular flexibility index (Phi) is 6.27. The summed E-state index contributed by atoms with van der Waals surface area (Å²) in [6.07, 6.45) is 4.72. The molecule has 0 saturated carbocycles. The minimum absolute atomic E-state index is 0.0642. The third-order valence-electron chi connectivity index (χ3n) is 5.48. The Bertz CT molecular complexity index is 974. The molecule has 1 aromatic heterocycles. The summed E-state index contributed by atoms with van der Waals surface area (Å²) in [7, 11) is 0. The molecule has 0 unspecified atom stereocenters. The van der Waals surface area contributed by atoms with Crippen molar-refractivity contribution in [2.45, 2.75) is 57.7 Å². The van der Waals surface area contributed by atoms with Crippen molar-refractivity contribution in [3.05, 3.63) is 46.1 Å². The molecule has 2 amide bonds. The summed E-state index contributed by atoms with van der Waals surface area (Å²) in [6.45, 7) is 2.25. The van der Waals surface area contributed by atoms with Crippen LogP contribution in [0.3, 0.4) is 0 Å². The predicted molar refractivity (Wildman–Crippen MR) is 110 cm³/mol. The third-order valence-corrected chi connectivity index (χ3v) is 5.48. The van der Waals surface area contributed by atoms with Crippen molar-refractivity contribution in [2.75, 3.05) is 18.5 Å². The molecule has 9 heteroatoms. The number of aromatic nitrogens is 3. The summed E-state index contributed by atoms with van der Waals surface area (Å²) in [4.78, 5) is 36.9. The highest BCUT2D eigenvalue weighted by Gasteiger charge is 2.23. The number of carbonyl (C=O) groups is 2. The Labute approximate surface area is 174 Å². The van der Waals surface area contributed by atoms with Gasteiger partial charge in [-0.3, -0.25) is 14.2 Å². The molecule has 2 N–H and O–H groups in total. The van der Waals surface area contributed by atoms with Gasteiger partial charge in [0, 0.05) is 43.9 Å². The third kappa shape index (κ3) is 4.62. The topological polar surface area (TPSA) is 107 Å². The highest BCUT2D eigenvalue weighted by atomic mass is 16.5. The minimum atomic E-state index is -0.417. The summed E-state index contributed by atoms with van der Waals surface area (Å²) < 4.78 is 8.62. The van der Waals surface area contributed by atoms with Gasteiger partial charge in [-0.1, -0.05) is 6.07 Å². The second kappa shape index (κ2) is 9.25. The van der Waals surface area contributed by atoms with E-state index in [9.17, 15) is 14.4 Å². The Morgan fingerprint density at radius 3 is 2.93 bits per heavy atom. The fourth-order valence-electron chi connectivity index (χ4n) is 3.87. The molecular weight excluding hydrogens is 386 g/mol. The average molecular weight is 413 g/mol. The van der Waals surface area contributed by atoms with Crippen molar-refractivity contribution in [1.82, 2.24) is 19.7 Å². The quantitative estimate of drug-likeness (QED) is 0.666. The van der Waals surface area contributed by atoms with Gasteiger partial charge in [0.2, 0.25) is 0 Å². The maximum atomic E-state index is 12.4. The summed E-state index contributed by atoms with van der Waals surface area (Å²) in [6, 6.07) is 6.83. The number of benzene rings is 1. The molecule has 0 bridgehead atoms. The van der Waals surface area contributed by atoms with E-state index in [4.69, 9.17) is 4.74 Å². The van der Waals surface area contributed by atoms with Gasteiger partial charge < -0.3 is 15.4 Å². The molecule has 160 valence electrons. The number of aryl methyl sites for hydroxylation is 2. The van der Waals surface area contributed by atoms with Crippen LogP contribution in [0.25, 0.3) is 0 Å². The first-order chi connectivity index (χ1) is 14.6. The molecule has 9 nitrogen and oxygen atoms in total. The maximum Gasteiger partial charge on any atom is 0.345 e. The van der Waals surface area contributed by atoms with Crippen LogP contribution < -0.4 is 16.3 Å². The van der Waals surface area contributed by atoms with Gasteiger partial charge in [0.25, 0.3) is 11.8 Å². The number of hydrogen-bond donors (Lipinski definition) is 2. The molecule has 0 radical (unpaired) electrons. The van der Waals surface area contributed by atoms with E-state index in [0.29, 0.717) is 37.4 Å². The number of fused-ring (bicyclic) bond motifs is 1. The van der Waals surface area contributed by atoms with Crippen LogP contribution in [0.4, 0.5) is 5.69 Å². The van der Waals surface area contributed by atoms with E-state index < -0.39 is 6.10 Å². The molecule has 2 aliphatic rings. The van der Waals surface area contributed by atoms with Gasteiger partial charge in [-0.05, 0) is 50.3 Å². The number of ether oxygens (including phenoxy) is 1. The fourth-order valence-corrected chi connectivity index (χ4v) is 3.87. The number of anilines is 1. The van der Waals surface area contributed by atoms with E-state index in [1.54, 1.807) is 28.8 Å². The lowest BCUT2D eigenvalue weighted by molar-refractivity contribution is -0.124. The highest BCUT2D eigenvalue weighted by molar-refractivity contribution is 5.98. The number of rotatable bonds is 7. The van der Waals surface area contributed by atoms with Crippen LogP contribution in [-0.2, 0) is 29.0 Å². The van der Waals surface area contributed by atoms with Crippen molar-refractivity contribution < 1.29 is 14.3 Å². The maximum absolute atomic E-state index is 12.4. The lowest BCUT2D eigenvalue weighted by atomic mass is 10.1. The van der Waals surface area contributed by atoms with E-state index in [0.717, 1.165) is 44.5 Å². The molecule has 3 heterocycles. The molecule has 1 fully saturated rings. The van der Waals surface area contributed by atoms with Crippen LogP contribution in [0, 0.1) is 0 Å². The van der Waals surface area contributed by atoms with E-state index in [2.05, 4.69) is 15.7 Å². The highest BCUT2D eigenvalue weighted by Crippen LogP contribution is 2.16. The predicted octanol–water partition coefficient (Wildman–Crippen LogP) is 1.32. The first kappa shape index (κ1) is 20.3. The summed E-state index contributed by atoms with van der Waals surface area (Å²) in [5.74, 6) is 0.454. The number of nitrogens with one attached hydrogen (secondary N) is 2. The van der Waals surface area contributed by atoms with Crippen LogP contribution in [0.15, 0.2) is 29.1 Å². The number of nitrogens with zero attached hydrogens (tertiary/aromatic N) is 3. The second-order valence-corrected chi connectivity index (χ2v) is 7.71. The van der Waals surface area contributed by atoms with Gasteiger partial charge in [0.15, 0.2) is 0 Å². The number of hydrogen-bond acceptors (Lipinski definition) is 5. The SMILES string of the molecule is O=C(NCCCn1nc2n(c1=O)CCCC2)c1cccc(NC(=O)[C@@H]2CCCO2)c1. The van der Waals surface area contributed by atoms with E-state index >= 15 is 0 Å². The van der Waals surface area contributed by atoms with Gasteiger partial charge in [-0.25, -0.2) is 9.48 Å². The van der Waals surface area contributed by atoms with Crippen LogP contribution >= 0.6 is 0 Å². The van der Waals surface area contributed by atoms with Gasteiger partial charge >= 0.3 is 5.69 Å². The molecule has 4 rings (SSSR count). The Morgan fingerprint density at radius 2 is 2.13 bits per heavy atom. The lowest BCUT2D eigenvalue weighted by Crippen LogP contribution is -2.29. The molecular formula is C21H27N5O4. The molecule has 0 aliphatic carbocycles. The molecule has 30 heavy (non-hydrogen) atoms. The normalized spacial score (nSPS) is 18.1. The van der Waals surface area contributed by atoms with Crippen molar-refractivity contribution >= 4 is 17.5 Å². The minimum Gasteiger partial charge on any atom is -0.368 e. The van der Waals surface area contributed by atoms with Gasteiger partial charge in [0.05, 0.1) is 0 Å².